The van der Waals surface area contributed by atoms with Crippen molar-refractivity contribution in [1.29, 1.82) is 0 Å². The van der Waals surface area contributed by atoms with Crippen molar-refractivity contribution in [3.05, 3.63) is 23.7 Å². The SMILES string of the molecule is CCc1ccc(CNCC(C)(C)O)o1. The molecule has 3 heteroatoms. The van der Waals surface area contributed by atoms with Crippen LogP contribution in [0, 0.1) is 0 Å². The molecule has 1 aromatic heterocycles. The number of hydrogen-bond donors (Lipinski definition) is 2. The first-order valence-corrected chi connectivity index (χ1v) is 5.02. The third kappa shape index (κ3) is 3.94. The van der Waals surface area contributed by atoms with Crippen molar-refractivity contribution < 1.29 is 9.52 Å². The molecule has 0 saturated heterocycles. The highest BCUT2D eigenvalue weighted by atomic mass is 16.3. The molecule has 14 heavy (non-hydrogen) atoms. The topological polar surface area (TPSA) is 45.4 Å². The van der Waals surface area contributed by atoms with Crippen LogP contribution in [0.15, 0.2) is 16.5 Å². The van der Waals surface area contributed by atoms with Crippen LogP contribution < -0.4 is 5.32 Å². The molecule has 0 aromatic carbocycles. The van der Waals surface area contributed by atoms with E-state index in [0.29, 0.717) is 13.1 Å². The Bertz CT molecular complexity index is 273. The summed E-state index contributed by atoms with van der Waals surface area (Å²) in [5.41, 5.74) is -0.666. The van der Waals surface area contributed by atoms with E-state index < -0.39 is 5.60 Å². The van der Waals surface area contributed by atoms with Gasteiger partial charge in [0.1, 0.15) is 11.5 Å². The molecular weight excluding hydrogens is 178 g/mol. The largest absolute Gasteiger partial charge is 0.465 e. The predicted octanol–water partition coefficient (Wildman–Crippen LogP) is 1.70. The van der Waals surface area contributed by atoms with Gasteiger partial charge in [-0.3, -0.25) is 0 Å². The van der Waals surface area contributed by atoms with Crippen LogP contribution in [-0.4, -0.2) is 17.3 Å². The summed E-state index contributed by atoms with van der Waals surface area (Å²) < 4.78 is 5.50. The van der Waals surface area contributed by atoms with Crippen LogP contribution in [-0.2, 0) is 13.0 Å². The van der Waals surface area contributed by atoms with E-state index >= 15 is 0 Å². The number of rotatable bonds is 5. The highest BCUT2D eigenvalue weighted by Crippen LogP contribution is 2.08. The zero-order chi connectivity index (χ0) is 10.6. The molecule has 0 aliphatic heterocycles. The summed E-state index contributed by atoms with van der Waals surface area (Å²) in [6.07, 6.45) is 0.922. The normalized spacial score (nSPS) is 12.0. The summed E-state index contributed by atoms with van der Waals surface area (Å²) in [4.78, 5) is 0. The lowest BCUT2D eigenvalue weighted by Gasteiger charge is -2.16. The van der Waals surface area contributed by atoms with Gasteiger partial charge in [-0.2, -0.15) is 0 Å². The minimum absolute atomic E-state index is 0.565. The Hall–Kier alpha value is -0.800. The second kappa shape index (κ2) is 4.62. The summed E-state index contributed by atoms with van der Waals surface area (Å²) in [5.74, 6) is 1.93. The van der Waals surface area contributed by atoms with Crippen molar-refractivity contribution in [2.45, 2.75) is 39.3 Å². The number of aliphatic hydroxyl groups is 1. The predicted molar refractivity (Wildman–Crippen MR) is 56.1 cm³/mol. The molecule has 1 rings (SSSR count). The zero-order valence-corrected chi connectivity index (χ0v) is 9.13. The van der Waals surface area contributed by atoms with Gasteiger partial charge in [-0.1, -0.05) is 6.92 Å². The smallest absolute Gasteiger partial charge is 0.117 e. The lowest BCUT2D eigenvalue weighted by molar-refractivity contribution is 0.0790. The fourth-order valence-electron chi connectivity index (χ4n) is 1.20. The fourth-order valence-corrected chi connectivity index (χ4v) is 1.20. The number of aryl methyl sites for hydroxylation is 1. The number of nitrogens with one attached hydrogen (secondary N) is 1. The maximum atomic E-state index is 9.45. The summed E-state index contributed by atoms with van der Waals surface area (Å²) in [6.45, 7) is 6.85. The average Bonchev–Trinajstić information content (AvgIpc) is 2.50. The Balaban J connectivity index is 2.31. The van der Waals surface area contributed by atoms with E-state index in [0.717, 1.165) is 17.9 Å². The van der Waals surface area contributed by atoms with Crippen LogP contribution >= 0.6 is 0 Å². The van der Waals surface area contributed by atoms with E-state index in [4.69, 9.17) is 4.42 Å². The number of furan rings is 1. The summed E-state index contributed by atoms with van der Waals surface area (Å²) in [7, 11) is 0. The summed E-state index contributed by atoms with van der Waals surface area (Å²) >= 11 is 0. The minimum atomic E-state index is -0.666. The Kier molecular flexibility index (Phi) is 3.72. The molecule has 0 unspecified atom stereocenters. The molecule has 0 saturated carbocycles. The monoisotopic (exact) mass is 197 g/mol. The van der Waals surface area contributed by atoms with E-state index in [2.05, 4.69) is 12.2 Å². The molecule has 1 aromatic rings. The molecule has 3 nitrogen and oxygen atoms in total. The van der Waals surface area contributed by atoms with Crippen molar-refractivity contribution in [3.63, 3.8) is 0 Å². The van der Waals surface area contributed by atoms with E-state index in [-0.39, 0.29) is 0 Å². The molecule has 0 atom stereocenters. The second-order valence-corrected chi connectivity index (χ2v) is 4.14. The summed E-state index contributed by atoms with van der Waals surface area (Å²) in [6, 6.07) is 3.96. The van der Waals surface area contributed by atoms with Crippen LogP contribution in [0.25, 0.3) is 0 Å². The van der Waals surface area contributed by atoms with Crippen LogP contribution in [0.2, 0.25) is 0 Å². The molecule has 0 spiro atoms. The Labute approximate surface area is 85.1 Å². The first-order valence-electron chi connectivity index (χ1n) is 5.02. The van der Waals surface area contributed by atoms with Gasteiger partial charge in [0.15, 0.2) is 0 Å². The maximum Gasteiger partial charge on any atom is 0.117 e. The van der Waals surface area contributed by atoms with Gasteiger partial charge < -0.3 is 14.8 Å². The molecule has 0 aliphatic rings. The van der Waals surface area contributed by atoms with Crippen LogP contribution in [0.4, 0.5) is 0 Å². The molecule has 0 bridgehead atoms. The van der Waals surface area contributed by atoms with Gasteiger partial charge in [0.25, 0.3) is 0 Å². The zero-order valence-electron chi connectivity index (χ0n) is 9.13. The van der Waals surface area contributed by atoms with E-state index in [9.17, 15) is 5.11 Å². The van der Waals surface area contributed by atoms with Gasteiger partial charge >= 0.3 is 0 Å². The number of hydrogen-bond acceptors (Lipinski definition) is 3. The lowest BCUT2D eigenvalue weighted by Crippen LogP contribution is -2.34. The van der Waals surface area contributed by atoms with E-state index in [1.807, 2.05) is 12.1 Å². The molecule has 0 aliphatic carbocycles. The van der Waals surface area contributed by atoms with Gasteiger partial charge in [0.05, 0.1) is 12.1 Å². The van der Waals surface area contributed by atoms with Gasteiger partial charge in [-0.25, -0.2) is 0 Å². The van der Waals surface area contributed by atoms with Crippen molar-refractivity contribution in [2.24, 2.45) is 0 Å². The van der Waals surface area contributed by atoms with Crippen molar-refractivity contribution in [3.8, 4) is 0 Å². The van der Waals surface area contributed by atoms with Gasteiger partial charge in [0.2, 0.25) is 0 Å². The van der Waals surface area contributed by atoms with Crippen LogP contribution in [0.5, 0.6) is 0 Å². The highest BCUT2D eigenvalue weighted by molar-refractivity contribution is 5.06. The second-order valence-electron chi connectivity index (χ2n) is 4.14. The maximum absolute atomic E-state index is 9.45. The third-order valence-corrected chi connectivity index (χ3v) is 1.92. The Morgan fingerprint density at radius 1 is 1.36 bits per heavy atom. The molecule has 0 fully saturated rings. The molecule has 80 valence electrons. The van der Waals surface area contributed by atoms with Crippen molar-refractivity contribution in [1.82, 2.24) is 5.32 Å². The van der Waals surface area contributed by atoms with Crippen molar-refractivity contribution in [2.75, 3.05) is 6.54 Å². The first-order chi connectivity index (χ1) is 6.51. The molecular formula is C11H19NO2. The van der Waals surface area contributed by atoms with Gasteiger partial charge in [0, 0.05) is 13.0 Å². The molecule has 0 amide bonds. The Morgan fingerprint density at radius 2 is 2.00 bits per heavy atom. The van der Waals surface area contributed by atoms with Crippen LogP contribution in [0.1, 0.15) is 32.3 Å². The fraction of sp³-hybridized carbons (Fsp3) is 0.636. The molecule has 0 radical (unpaired) electrons. The first kappa shape index (κ1) is 11.3. The van der Waals surface area contributed by atoms with Gasteiger partial charge in [-0.15, -0.1) is 0 Å². The van der Waals surface area contributed by atoms with Gasteiger partial charge in [-0.05, 0) is 26.0 Å². The van der Waals surface area contributed by atoms with Crippen LogP contribution in [0.3, 0.4) is 0 Å². The average molecular weight is 197 g/mol. The highest BCUT2D eigenvalue weighted by Gasteiger charge is 2.11. The van der Waals surface area contributed by atoms with Crippen molar-refractivity contribution >= 4 is 0 Å². The van der Waals surface area contributed by atoms with E-state index in [1.165, 1.54) is 0 Å². The lowest BCUT2D eigenvalue weighted by atomic mass is 10.1. The third-order valence-electron chi connectivity index (χ3n) is 1.92. The molecule has 2 N–H and O–H groups in total. The minimum Gasteiger partial charge on any atom is -0.465 e. The Morgan fingerprint density at radius 3 is 2.50 bits per heavy atom. The van der Waals surface area contributed by atoms with E-state index in [1.54, 1.807) is 13.8 Å². The summed E-state index contributed by atoms with van der Waals surface area (Å²) in [5, 5.41) is 12.6. The molecule has 1 heterocycles. The standard InChI is InChI=1S/C11H19NO2/c1-4-9-5-6-10(14-9)7-12-8-11(2,3)13/h5-6,12-13H,4,7-8H2,1-3H3. The quantitative estimate of drug-likeness (QED) is 0.755.